The van der Waals surface area contributed by atoms with Crippen LogP contribution < -0.4 is 11.0 Å². The van der Waals surface area contributed by atoms with Gasteiger partial charge in [-0.1, -0.05) is 23.9 Å². The van der Waals surface area contributed by atoms with Crippen LogP contribution in [0, 0.1) is 0 Å². The van der Waals surface area contributed by atoms with Gasteiger partial charge in [-0.25, -0.2) is 9.59 Å². The van der Waals surface area contributed by atoms with Crippen LogP contribution in [0.2, 0.25) is 0 Å². The number of carbonyl (C=O) groups excluding carboxylic acids is 2. The highest BCUT2D eigenvalue weighted by Gasteiger charge is 2.22. The van der Waals surface area contributed by atoms with Gasteiger partial charge in [0.15, 0.2) is 0 Å². The molecule has 4 rings (SSSR count). The minimum atomic E-state index is -0.486. The number of esters is 1. The molecule has 0 bridgehead atoms. The number of benzene rings is 1. The van der Waals surface area contributed by atoms with E-state index in [1.54, 1.807) is 48.1 Å². The fourth-order valence-corrected chi connectivity index (χ4v) is 4.88. The highest BCUT2D eigenvalue weighted by atomic mass is 32.2. The number of aromatic nitrogens is 3. The Balaban J connectivity index is 1.51. The molecule has 0 radical (unpaired) electrons. The van der Waals surface area contributed by atoms with E-state index in [2.05, 4.69) is 15.3 Å². The SMILES string of the molecule is CCOC(=O)c1ccccc1NC(=O)CSc1nc(=O)n(Cc2ccncc2)c2c1CCCC2. The van der Waals surface area contributed by atoms with Gasteiger partial charge in [-0.3, -0.25) is 14.3 Å². The number of rotatable bonds is 8. The molecule has 1 N–H and O–H groups in total. The minimum absolute atomic E-state index is 0.0738. The first-order chi connectivity index (χ1) is 16.6. The highest BCUT2D eigenvalue weighted by Crippen LogP contribution is 2.29. The van der Waals surface area contributed by atoms with Gasteiger partial charge in [0.2, 0.25) is 5.91 Å². The van der Waals surface area contributed by atoms with Crippen LogP contribution >= 0.6 is 11.8 Å². The largest absolute Gasteiger partial charge is 0.462 e. The van der Waals surface area contributed by atoms with Gasteiger partial charge in [0.25, 0.3) is 0 Å². The number of nitrogens with one attached hydrogen (secondary N) is 1. The molecular weight excluding hydrogens is 452 g/mol. The number of amides is 1. The third-order valence-electron chi connectivity index (χ3n) is 5.58. The monoisotopic (exact) mass is 478 g/mol. The van der Waals surface area contributed by atoms with Gasteiger partial charge in [-0.15, -0.1) is 0 Å². The van der Waals surface area contributed by atoms with Crippen molar-refractivity contribution in [3.05, 3.63) is 81.7 Å². The van der Waals surface area contributed by atoms with E-state index in [4.69, 9.17) is 4.74 Å². The molecule has 2 aromatic heterocycles. The number of nitrogens with zero attached hydrogens (tertiary/aromatic N) is 3. The van der Waals surface area contributed by atoms with Gasteiger partial charge in [0.05, 0.1) is 30.2 Å². The van der Waals surface area contributed by atoms with Crippen LogP contribution in [0.5, 0.6) is 0 Å². The Hall–Kier alpha value is -3.46. The molecule has 1 aliphatic carbocycles. The number of hydrogen-bond acceptors (Lipinski definition) is 7. The standard InChI is InChI=1S/C25H26N4O4S/c1-2-33-24(31)18-7-3-5-9-20(18)27-22(30)16-34-23-19-8-4-6-10-21(19)29(25(32)28-23)15-17-11-13-26-14-12-17/h3,5,7,9,11-14H,2,4,6,8,10,15-16H2,1H3,(H,27,30). The van der Waals surface area contributed by atoms with Crippen LogP contribution in [0.1, 0.15) is 46.9 Å². The van der Waals surface area contributed by atoms with Gasteiger partial charge in [-0.05, 0) is 62.4 Å². The van der Waals surface area contributed by atoms with E-state index >= 15 is 0 Å². The second-order valence-electron chi connectivity index (χ2n) is 7.88. The maximum atomic E-state index is 12.9. The quantitative estimate of drug-likeness (QED) is 0.300. The lowest BCUT2D eigenvalue weighted by atomic mass is 9.97. The molecule has 3 aromatic rings. The predicted octanol–water partition coefficient (Wildman–Crippen LogP) is 3.47. The molecule has 176 valence electrons. The zero-order valence-electron chi connectivity index (χ0n) is 19.0. The Morgan fingerprint density at radius 2 is 1.88 bits per heavy atom. The fourth-order valence-electron chi connectivity index (χ4n) is 4.00. The molecule has 0 aliphatic heterocycles. The van der Waals surface area contributed by atoms with Crippen molar-refractivity contribution in [1.82, 2.24) is 14.5 Å². The summed E-state index contributed by atoms with van der Waals surface area (Å²) in [6, 6.07) is 10.5. The van der Waals surface area contributed by atoms with Crippen molar-refractivity contribution in [2.45, 2.75) is 44.2 Å². The minimum Gasteiger partial charge on any atom is -0.462 e. The van der Waals surface area contributed by atoms with Gasteiger partial charge in [0, 0.05) is 23.7 Å². The summed E-state index contributed by atoms with van der Waals surface area (Å²) >= 11 is 1.25. The van der Waals surface area contributed by atoms with Crippen LogP contribution in [0.4, 0.5) is 5.69 Å². The second kappa shape index (κ2) is 11.1. The molecule has 9 heteroatoms. The molecule has 2 heterocycles. The van der Waals surface area contributed by atoms with E-state index in [9.17, 15) is 14.4 Å². The normalized spacial score (nSPS) is 12.6. The molecule has 0 saturated carbocycles. The third-order valence-corrected chi connectivity index (χ3v) is 6.59. The summed E-state index contributed by atoms with van der Waals surface area (Å²) in [5, 5.41) is 3.39. The number of anilines is 1. The zero-order chi connectivity index (χ0) is 23.9. The van der Waals surface area contributed by atoms with E-state index in [1.807, 2.05) is 12.1 Å². The summed E-state index contributed by atoms with van der Waals surface area (Å²) in [5.41, 5.74) is 3.43. The lowest BCUT2D eigenvalue weighted by Gasteiger charge is -2.22. The molecule has 0 spiro atoms. The Morgan fingerprint density at radius 1 is 1.12 bits per heavy atom. The predicted molar refractivity (Wildman–Crippen MR) is 130 cm³/mol. The number of pyridine rings is 1. The summed E-state index contributed by atoms with van der Waals surface area (Å²) in [7, 11) is 0. The van der Waals surface area contributed by atoms with Crippen LogP contribution in [-0.2, 0) is 28.9 Å². The first kappa shape index (κ1) is 23.7. The van der Waals surface area contributed by atoms with Crippen molar-refractivity contribution >= 4 is 29.3 Å². The van der Waals surface area contributed by atoms with Crippen LogP contribution in [0.25, 0.3) is 0 Å². The molecule has 1 aromatic carbocycles. The lowest BCUT2D eigenvalue weighted by Crippen LogP contribution is -2.30. The molecule has 34 heavy (non-hydrogen) atoms. The van der Waals surface area contributed by atoms with E-state index in [-0.39, 0.29) is 24.0 Å². The maximum absolute atomic E-state index is 12.9. The highest BCUT2D eigenvalue weighted by molar-refractivity contribution is 8.00. The number of carbonyl (C=O) groups is 2. The van der Waals surface area contributed by atoms with Crippen LogP contribution in [0.15, 0.2) is 58.6 Å². The van der Waals surface area contributed by atoms with Gasteiger partial charge >= 0.3 is 11.7 Å². The molecular formula is C25H26N4O4S. The summed E-state index contributed by atoms with van der Waals surface area (Å²) < 4.78 is 6.80. The summed E-state index contributed by atoms with van der Waals surface area (Å²) in [6.45, 7) is 2.43. The van der Waals surface area contributed by atoms with E-state index in [0.29, 0.717) is 22.8 Å². The molecule has 0 unspecified atom stereocenters. The summed E-state index contributed by atoms with van der Waals surface area (Å²) in [6.07, 6.45) is 7.10. The van der Waals surface area contributed by atoms with Crippen molar-refractivity contribution in [3.8, 4) is 0 Å². The third kappa shape index (κ3) is 5.53. The molecule has 1 amide bonds. The van der Waals surface area contributed by atoms with Crippen LogP contribution in [0.3, 0.4) is 0 Å². The first-order valence-electron chi connectivity index (χ1n) is 11.3. The second-order valence-corrected chi connectivity index (χ2v) is 8.84. The van der Waals surface area contributed by atoms with Crippen molar-refractivity contribution in [2.75, 3.05) is 17.7 Å². The van der Waals surface area contributed by atoms with E-state index < -0.39 is 5.97 Å². The summed E-state index contributed by atoms with van der Waals surface area (Å²) in [4.78, 5) is 46.1. The lowest BCUT2D eigenvalue weighted by molar-refractivity contribution is -0.113. The van der Waals surface area contributed by atoms with E-state index in [1.165, 1.54) is 11.8 Å². The fraction of sp³-hybridized carbons (Fsp3) is 0.320. The molecule has 1 aliphatic rings. The van der Waals surface area contributed by atoms with E-state index in [0.717, 1.165) is 42.5 Å². The number of hydrogen-bond donors (Lipinski definition) is 1. The van der Waals surface area contributed by atoms with Gasteiger partial charge in [-0.2, -0.15) is 4.98 Å². The Kier molecular flexibility index (Phi) is 7.74. The number of ether oxygens (including phenoxy) is 1. The van der Waals surface area contributed by atoms with Crippen molar-refractivity contribution < 1.29 is 14.3 Å². The Bertz CT molecular complexity index is 1240. The molecule has 0 fully saturated rings. The van der Waals surface area contributed by atoms with Gasteiger partial charge < -0.3 is 10.1 Å². The molecule has 0 atom stereocenters. The number of fused-ring (bicyclic) bond motifs is 1. The smallest absolute Gasteiger partial charge is 0.349 e. The number of thioether (sulfide) groups is 1. The van der Waals surface area contributed by atoms with Crippen LogP contribution in [-0.4, -0.2) is 38.8 Å². The molecule has 0 saturated heterocycles. The van der Waals surface area contributed by atoms with Crippen molar-refractivity contribution in [3.63, 3.8) is 0 Å². The average molecular weight is 479 g/mol. The zero-order valence-corrected chi connectivity index (χ0v) is 19.8. The molecule has 8 nitrogen and oxygen atoms in total. The Morgan fingerprint density at radius 3 is 2.68 bits per heavy atom. The van der Waals surface area contributed by atoms with Crippen molar-refractivity contribution in [1.29, 1.82) is 0 Å². The van der Waals surface area contributed by atoms with Crippen molar-refractivity contribution in [2.24, 2.45) is 0 Å². The topological polar surface area (TPSA) is 103 Å². The number of para-hydroxylation sites is 1. The Labute approximate surface area is 201 Å². The average Bonchev–Trinajstić information content (AvgIpc) is 2.86. The van der Waals surface area contributed by atoms with Gasteiger partial charge in [0.1, 0.15) is 5.03 Å². The maximum Gasteiger partial charge on any atom is 0.349 e. The first-order valence-corrected chi connectivity index (χ1v) is 12.3. The summed E-state index contributed by atoms with van der Waals surface area (Å²) in [5.74, 6) is -0.696.